The van der Waals surface area contributed by atoms with Gasteiger partial charge in [0.2, 0.25) is 5.95 Å². The molecule has 10 heteroatoms. The quantitative estimate of drug-likeness (QED) is 0.456. The van der Waals surface area contributed by atoms with Crippen molar-refractivity contribution < 1.29 is 4.79 Å². The van der Waals surface area contributed by atoms with Crippen LogP contribution in [0.5, 0.6) is 0 Å². The first-order chi connectivity index (χ1) is 15.5. The molecule has 32 heavy (non-hydrogen) atoms. The van der Waals surface area contributed by atoms with Crippen molar-refractivity contribution >= 4 is 46.1 Å². The first kappa shape index (κ1) is 20.7. The first-order valence-corrected chi connectivity index (χ1v) is 10.9. The number of carbonyl (C=O) groups is 1. The van der Waals surface area contributed by atoms with Gasteiger partial charge in [-0.15, -0.1) is 0 Å². The van der Waals surface area contributed by atoms with Crippen LogP contribution in [0.25, 0.3) is 22.2 Å². The number of aromatic nitrogens is 5. The molecule has 0 spiro atoms. The van der Waals surface area contributed by atoms with Gasteiger partial charge in [0.25, 0.3) is 5.91 Å². The topological polar surface area (TPSA) is 80.0 Å². The Hall–Kier alpha value is -3.23. The summed E-state index contributed by atoms with van der Waals surface area (Å²) in [6.07, 6.45) is 5.17. The molecule has 0 N–H and O–H groups in total. The monoisotopic (exact) mass is 467 g/mol. The Kier molecular flexibility index (Phi) is 5.40. The Morgan fingerprint density at radius 2 is 1.75 bits per heavy atom. The number of aryl methyl sites for hydroxylation is 1. The number of amides is 1. The molecule has 0 bridgehead atoms. The second-order valence-corrected chi connectivity index (χ2v) is 8.36. The molecule has 0 saturated carbocycles. The summed E-state index contributed by atoms with van der Waals surface area (Å²) in [7, 11) is 1.80. The molecular formula is C22H19Cl2N7O. The lowest BCUT2D eigenvalue weighted by atomic mass is 10.0. The highest BCUT2D eigenvalue weighted by Crippen LogP contribution is 2.35. The van der Waals surface area contributed by atoms with E-state index in [9.17, 15) is 4.79 Å². The predicted octanol–water partition coefficient (Wildman–Crippen LogP) is 3.69. The average molecular weight is 468 g/mol. The number of piperazine rings is 1. The number of rotatable bonds is 3. The lowest BCUT2D eigenvalue weighted by Gasteiger charge is -2.34. The zero-order valence-electron chi connectivity index (χ0n) is 17.2. The summed E-state index contributed by atoms with van der Waals surface area (Å²) < 4.78 is 1.66. The number of hydrogen-bond donors (Lipinski definition) is 0. The Labute approximate surface area is 194 Å². The fourth-order valence-electron chi connectivity index (χ4n) is 3.88. The van der Waals surface area contributed by atoms with Crippen molar-refractivity contribution in [3.63, 3.8) is 0 Å². The van der Waals surface area contributed by atoms with E-state index in [0.717, 1.165) is 16.5 Å². The third kappa shape index (κ3) is 3.76. The molecule has 1 fully saturated rings. The van der Waals surface area contributed by atoms with Gasteiger partial charge in [0, 0.05) is 66.6 Å². The van der Waals surface area contributed by atoms with Gasteiger partial charge < -0.3 is 9.80 Å². The van der Waals surface area contributed by atoms with Crippen molar-refractivity contribution in [3.05, 3.63) is 64.7 Å². The molecule has 1 aromatic carbocycles. The number of anilines is 1. The molecule has 1 amide bonds. The van der Waals surface area contributed by atoms with Crippen LogP contribution in [0, 0.1) is 0 Å². The van der Waals surface area contributed by atoms with Gasteiger partial charge in [-0.1, -0.05) is 29.3 Å². The van der Waals surface area contributed by atoms with E-state index in [-0.39, 0.29) is 5.91 Å². The summed E-state index contributed by atoms with van der Waals surface area (Å²) in [5, 5.41) is 6.20. The second-order valence-electron chi connectivity index (χ2n) is 7.51. The Morgan fingerprint density at radius 1 is 1.00 bits per heavy atom. The van der Waals surface area contributed by atoms with Crippen LogP contribution >= 0.6 is 23.2 Å². The summed E-state index contributed by atoms with van der Waals surface area (Å²) in [5.74, 6) is 0.543. The van der Waals surface area contributed by atoms with E-state index in [2.05, 4.69) is 25.0 Å². The minimum Gasteiger partial charge on any atom is -0.337 e. The number of nitrogens with zero attached hydrogens (tertiary/aromatic N) is 7. The average Bonchev–Trinajstić information content (AvgIpc) is 3.20. The number of fused-ring (bicyclic) bond motifs is 1. The number of carbonyl (C=O) groups excluding carboxylic acids is 1. The maximum Gasteiger partial charge on any atom is 0.272 e. The molecule has 0 unspecified atom stereocenters. The molecule has 1 aliphatic rings. The molecule has 0 atom stereocenters. The fraction of sp³-hybridized carbons (Fsp3) is 0.227. The molecule has 8 nitrogen and oxygen atoms in total. The summed E-state index contributed by atoms with van der Waals surface area (Å²) in [5.41, 5.74) is 2.54. The SMILES string of the molecule is Cn1ncc2c(-c3ccc(Cl)cc3Cl)cc(C(=O)N3CCN(c4ncccn4)CC3)nc21. The Balaban J connectivity index is 1.47. The molecule has 1 aliphatic heterocycles. The largest absolute Gasteiger partial charge is 0.337 e. The maximum absolute atomic E-state index is 13.4. The zero-order valence-corrected chi connectivity index (χ0v) is 18.8. The summed E-state index contributed by atoms with van der Waals surface area (Å²) in [4.78, 5) is 30.5. The van der Waals surface area contributed by atoms with Crippen LogP contribution in [0.15, 0.2) is 48.9 Å². The van der Waals surface area contributed by atoms with E-state index in [4.69, 9.17) is 23.2 Å². The van der Waals surface area contributed by atoms with E-state index < -0.39 is 0 Å². The van der Waals surface area contributed by atoms with E-state index in [0.29, 0.717) is 53.5 Å². The minimum absolute atomic E-state index is 0.131. The molecule has 5 rings (SSSR count). The van der Waals surface area contributed by atoms with Gasteiger partial charge in [-0.2, -0.15) is 5.10 Å². The number of halogens is 2. The lowest BCUT2D eigenvalue weighted by molar-refractivity contribution is 0.0740. The third-order valence-corrected chi connectivity index (χ3v) is 6.10. The highest BCUT2D eigenvalue weighted by atomic mass is 35.5. The van der Waals surface area contributed by atoms with Gasteiger partial charge in [0.15, 0.2) is 5.65 Å². The highest BCUT2D eigenvalue weighted by molar-refractivity contribution is 6.36. The van der Waals surface area contributed by atoms with Crippen molar-refractivity contribution in [1.82, 2.24) is 29.6 Å². The molecule has 162 valence electrons. The second kappa shape index (κ2) is 8.37. The van der Waals surface area contributed by atoms with Crippen LogP contribution in [0.1, 0.15) is 10.5 Å². The predicted molar refractivity (Wildman–Crippen MR) is 124 cm³/mol. The normalized spacial score (nSPS) is 14.2. The van der Waals surface area contributed by atoms with Crippen molar-refractivity contribution in [3.8, 4) is 11.1 Å². The highest BCUT2D eigenvalue weighted by Gasteiger charge is 2.26. The zero-order chi connectivity index (χ0) is 22.2. The van der Waals surface area contributed by atoms with Crippen LogP contribution in [0.4, 0.5) is 5.95 Å². The molecule has 0 aliphatic carbocycles. The Bertz CT molecular complexity index is 1300. The smallest absolute Gasteiger partial charge is 0.272 e. The van der Waals surface area contributed by atoms with Crippen molar-refractivity contribution in [2.24, 2.45) is 7.05 Å². The van der Waals surface area contributed by atoms with E-state index in [1.807, 2.05) is 6.07 Å². The summed E-state index contributed by atoms with van der Waals surface area (Å²) in [6, 6.07) is 8.88. The van der Waals surface area contributed by atoms with Gasteiger partial charge in [0.05, 0.1) is 6.20 Å². The van der Waals surface area contributed by atoms with Gasteiger partial charge in [-0.05, 0) is 29.8 Å². The molecular weight excluding hydrogens is 449 g/mol. The lowest BCUT2D eigenvalue weighted by Crippen LogP contribution is -2.49. The summed E-state index contributed by atoms with van der Waals surface area (Å²) >= 11 is 12.6. The molecule has 4 heterocycles. The molecule has 3 aromatic heterocycles. The van der Waals surface area contributed by atoms with Crippen LogP contribution in [-0.2, 0) is 7.05 Å². The van der Waals surface area contributed by atoms with Crippen LogP contribution in [0.3, 0.4) is 0 Å². The number of benzene rings is 1. The standard InChI is InChI=1S/C22H19Cl2N7O/c1-29-20-17(13-27-29)16(15-4-3-14(23)11-18(15)24)12-19(28-20)21(32)30-7-9-31(10-8-30)22-25-5-2-6-26-22/h2-6,11-13H,7-10H2,1H3. The minimum atomic E-state index is -0.131. The van der Waals surface area contributed by atoms with Crippen molar-refractivity contribution in [1.29, 1.82) is 0 Å². The van der Waals surface area contributed by atoms with Gasteiger partial charge in [-0.3, -0.25) is 9.48 Å². The first-order valence-electron chi connectivity index (χ1n) is 10.1. The van der Waals surface area contributed by atoms with Crippen molar-refractivity contribution in [2.45, 2.75) is 0 Å². The summed E-state index contributed by atoms with van der Waals surface area (Å²) in [6.45, 7) is 2.41. The number of pyridine rings is 1. The van der Waals surface area contributed by atoms with Gasteiger partial charge >= 0.3 is 0 Å². The van der Waals surface area contributed by atoms with Gasteiger partial charge in [-0.25, -0.2) is 15.0 Å². The Morgan fingerprint density at radius 3 is 2.47 bits per heavy atom. The van der Waals surface area contributed by atoms with Gasteiger partial charge in [0.1, 0.15) is 5.69 Å². The third-order valence-electron chi connectivity index (χ3n) is 5.55. The van der Waals surface area contributed by atoms with Crippen LogP contribution < -0.4 is 4.90 Å². The van der Waals surface area contributed by atoms with Crippen LogP contribution in [0.2, 0.25) is 10.0 Å². The molecule has 0 radical (unpaired) electrons. The van der Waals surface area contributed by atoms with Crippen molar-refractivity contribution in [2.75, 3.05) is 31.1 Å². The van der Waals surface area contributed by atoms with E-state index in [1.54, 1.807) is 59.5 Å². The van der Waals surface area contributed by atoms with E-state index in [1.165, 1.54) is 0 Å². The van der Waals surface area contributed by atoms with E-state index >= 15 is 0 Å². The number of hydrogen-bond acceptors (Lipinski definition) is 6. The molecule has 1 saturated heterocycles. The maximum atomic E-state index is 13.4. The van der Waals surface area contributed by atoms with Crippen LogP contribution in [-0.4, -0.2) is 61.7 Å². The molecule has 4 aromatic rings. The fourth-order valence-corrected chi connectivity index (χ4v) is 4.39.